The van der Waals surface area contributed by atoms with E-state index in [1.165, 1.54) is 16.2 Å². The molecule has 0 heterocycles. The van der Waals surface area contributed by atoms with Gasteiger partial charge in [0, 0.05) is 22.3 Å². The molecule has 1 aliphatic rings. The Kier molecular flexibility index (Phi) is 3.61. The number of carbonyl (C=O) groups excluding carboxylic acids is 2. The first-order valence-corrected chi connectivity index (χ1v) is 5.77. The molecular weight excluding hydrogens is 243 g/mol. The Bertz CT molecular complexity index is 529. The third-order valence-electron chi connectivity index (χ3n) is 2.83. The van der Waals surface area contributed by atoms with Gasteiger partial charge < -0.3 is 0 Å². The normalized spacial score (nSPS) is 11.9. The standard InChI is InChI=1S/C14H8O2.Al.O/c15-13-9-5-1-2-6-10(9)14(16)12-8-4-3-7-11(12)13;;/h1-8H;;. The number of carbonyl (C=O) groups is 2. The van der Waals surface area contributed by atoms with Crippen molar-refractivity contribution >= 4 is 27.8 Å². The molecule has 0 unspecified atom stereocenters. The van der Waals surface area contributed by atoms with E-state index in [1.54, 1.807) is 48.5 Å². The molecule has 3 nitrogen and oxygen atoms in total. The molecule has 1 radical (unpaired) electrons. The van der Waals surface area contributed by atoms with Gasteiger partial charge in [0.15, 0.2) is 11.6 Å². The summed E-state index contributed by atoms with van der Waals surface area (Å²) in [5, 5.41) is 0. The summed E-state index contributed by atoms with van der Waals surface area (Å²) in [6, 6.07) is 13.9. The average molecular weight is 251 g/mol. The molecule has 0 N–H and O–H groups in total. The Balaban J connectivity index is 0.000000574. The Morgan fingerprint density at radius 1 is 0.556 bits per heavy atom. The van der Waals surface area contributed by atoms with Crippen LogP contribution in [0.4, 0.5) is 0 Å². The van der Waals surface area contributed by atoms with Crippen molar-refractivity contribution in [2.24, 2.45) is 0 Å². The maximum absolute atomic E-state index is 12.1. The summed E-state index contributed by atoms with van der Waals surface area (Å²) < 4.78 is 8.17. The Hall–Kier alpha value is -1.89. The second-order valence-electron chi connectivity index (χ2n) is 3.75. The molecule has 0 saturated heterocycles. The zero-order valence-corrected chi connectivity index (χ0v) is 10.6. The Morgan fingerprint density at radius 2 is 0.778 bits per heavy atom. The van der Waals surface area contributed by atoms with Crippen LogP contribution in [0.15, 0.2) is 48.5 Å². The molecule has 1 aliphatic carbocycles. The van der Waals surface area contributed by atoms with E-state index < -0.39 is 0 Å². The van der Waals surface area contributed by atoms with Crippen LogP contribution in [0.5, 0.6) is 0 Å². The summed E-state index contributed by atoms with van der Waals surface area (Å²) in [4.78, 5) is 24.2. The van der Waals surface area contributed by atoms with Crippen LogP contribution in [0.1, 0.15) is 31.8 Å². The predicted molar refractivity (Wildman–Crippen MR) is 66.2 cm³/mol. The molecule has 0 amide bonds. The third-order valence-corrected chi connectivity index (χ3v) is 2.83. The first kappa shape index (κ1) is 12.6. The van der Waals surface area contributed by atoms with Crippen LogP contribution in [0.3, 0.4) is 0 Å². The first-order valence-electron chi connectivity index (χ1n) is 5.30. The summed E-state index contributed by atoms with van der Waals surface area (Å²) in [5.74, 6) is -0.128. The second-order valence-corrected chi connectivity index (χ2v) is 3.75. The van der Waals surface area contributed by atoms with Gasteiger partial charge in [-0.2, -0.15) is 0 Å². The van der Waals surface area contributed by atoms with E-state index >= 15 is 0 Å². The monoisotopic (exact) mass is 251 g/mol. The second kappa shape index (κ2) is 5.18. The molecule has 85 valence electrons. The number of hydrogen-bond acceptors (Lipinski definition) is 3. The molecule has 0 fully saturated rings. The fourth-order valence-corrected chi connectivity index (χ4v) is 2.05. The quantitative estimate of drug-likeness (QED) is 0.574. The van der Waals surface area contributed by atoms with Crippen molar-refractivity contribution < 1.29 is 13.4 Å². The van der Waals surface area contributed by atoms with Crippen molar-refractivity contribution in [1.82, 2.24) is 0 Å². The molecule has 2 aromatic carbocycles. The van der Waals surface area contributed by atoms with Crippen LogP contribution >= 0.6 is 0 Å². The van der Waals surface area contributed by atoms with Crippen LogP contribution in [-0.2, 0) is 3.80 Å². The van der Waals surface area contributed by atoms with Gasteiger partial charge in [-0.1, -0.05) is 48.5 Å². The zero-order chi connectivity index (χ0) is 13.1. The molecule has 0 spiro atoms. The van der Waals surface area contributed by atoms with Gasteiger partial charge in [0.1, 0.15) is 0 Å². The molecule has 3 rings (SSSR count). The van der Waals surface area contributed by atoms with Crippen molar-refractivity contribution in [3.05, 3.63) is 70.8 Å². The summed E-state index contributed by atoms with van der Waals surface area (Å²) in [6.45, 7) is 0. The fourth-order valence-electron chi connectivity index (χ4n) is 2.05. The van der Waals surface area contributed by atoms with E-state index in [1.807, 2.05) is 0 Å². The molecule has 18 heavy (non-hydrogen) atoms. The van der Waals surface area contributed by atoms with Crippen molar-refractivity contribution in [3.63, 3.8) is 0 Å². The van der Waals surface area contributed by atoms with Crippen molar-refractivity contribution in [3.8, 4) is 0 Å². The molecule has 0 atom stereocenters. The van der Waals surface area contributed by atoms with Crippen molar-refractivity contribution in [2.45, 2.75) is 0 Å². The molecule has 0 aromatic heterocycles. The molecular formula is C14H8AlO3. The summed E-state index contributed by atoms with van der Waals surface area (Å²) in [6.07, 6.45) is 0. The minimum absolute atomic E-state index is 0.0641. The van der Waals surface area contributed by atoms with Gasteiger partial charge in [0.25, 0.3) is 0 Å². The zero-order valence-electron chi connectivity index (χ0n) is 9.42. The van der Waals surface area contributed by atoms with Gasteiger partial charge in [0.2, 0.25) is 0 Å². The SMILES string of the molecule is O=C1c2ccccc2C(=O)c2ccccc21.[O]=[Al]. The van der Waals surface area contributed by atoms with Crippen LogP contribution in [0.25, 0.3) is 0 Å². The molecule has 4 heteroatoms. The predicted octanol–water partition coefficient (Wildman–Crippen LogP) is 1.96. The third kappa shape index (κ3) is 1.86. The molecule has 0 bridgehead atoms. The molecule has 0 saturated carbocycles. The maximum atomic E-state index is 12.1. The minimum atomic E-state index is -0.0641. The van der Waals surface area contributed by atoms with Crippen LogP contribution < -0.4 is 0 Å². The van der Waals surface area contributed by atoms with Gasteiger partial charge in [-0.15, -0.1) is 0 Å². The Morgan fingerprint density at radius 3 is 1.00 bits per heavy atom. The van der Waals surface area contributed by atoms with Crippen LogP contribution in [0, 0.1) is 0 Å². The van der Waals surface area contributed by atoms with Crippen molar-refractivity contribution in [2.75, 3.05) is 0 Å². The topological polar surface area (TPSA) is 51.2 Å². The fraction of sp³-hybridized carbons (Fsp3) is 0. The van der Waals surface area contributed by atoms with Gasteiger partial charge in [-0.25, -0.2) is 0 Å². The summed E-state index contributed by atoms with van der Waals surface area (Å²) in [5.41, 5.74) is 2.02. The van der Waals surface area contributed by atoms with Gasteiger partial charge in [0.05, 0.1) is 0 Å². The molecule has 0 aliphatic heterocycles. The van der Waals surface area contributed by atoms with Gasteiger partial charge >= 0.3 is 20.0 Å². The number of fused-ring (bicyclic) bond motifs is 2. The van der Waals surface area contributed by atoms with Gasteiger partial charge in [-0.05, 0) is 0 Å². The molecule has 2 aromatic rings. The van der Waals surface area contributed by atoms with Crippen molar-refractivity contribution in [1.29, 1.82) is 0 Å². The van der Waals surface area contributed by atoms with Crippen LogP contribution in [-0.4, -0.2) is 27.8 Å². The number of rotatable bonds is 0. The van der Waals surface area contributed by atoms with Crippen LogP contribution in [0.2, 0.25) is 0 Å². The number of hydrogen-bond donors (Lipinski definition) is 0. The summed E-state index contributed by atoms with van der Waals surface area (Å²) in [7, 11) is 0. The van der Waals surface area contributed by atoms with E-state index in [-0.39, 0.29) is 11.6 Å². The van der Waals surface area contributed by atoms with E-state index in [0.717, 1.165) is 0 Å². The van der Waals surface area contributed by atoms with Gasteiger partial charge in [-0.3, -0.25) is 9.59 Å². The van der Waals surface area contributed by atoms with E-state index in [4.69, 9.17) is 3.80 Å². The number of ketones is 2. The Labute approximate surface area is 112 Å². The number of benzene rings is 2. The van der Waals surface area contributed by atoms with E-state index in [0.29, 0.717) is 22.3 Å². The average Bonchev–Trinajstić information content (AvgIpc) is 2.47. The first-order chi connectivity index (χ1) is 8.79. The van der Waals surface area contributed by atoms with E-state index in [9.17, 15) is 9.59 Å². The summed E-state index contributed by atoms with van der Waals surface area (Å²) >= 11 is 1.17. The van der Waals surface area contributed by atoms with E-state index in [2.05, 4.69) is 0 Å².